The maximum absolute atomic E-state index is 11.6. The summed E-state index contributed by atoms with van der Waals surface area (Å²) in [6.07, 6.45) is -0.803. The van der Waals surface area contributed by atoms with Crippen LogP contribution in [0, 0.1) is 0 Å². The van der Waals surface area contributed by atoms with Gasteiger partial charge in [-0.2, -0.15) is 0 Å². The molecule has 0 aromatic heterocycles. The van der Waals surface area contributed by atoms with Crippen LogP contribution in [0.5, 0.6) is 0 Å². The van der Waals surface area contributed by atoms with Crippen molar-refractivity contribution in [1.82, 2.24) is 0 Å². The lowest BCUT2D eigenvalue weighted by molar-refractivity contribution is -0.0742. The zero-order chi connectivity index (χ0) is 16.4. The van der Waals surface area contributed by atoms with Gasteiger partial charge >= 0.3 is 0 Å². The van der Waals surface area contributed by atoms with Gasteiger partial charge in [-0.15, -0.1) is 0 Å². The topological polar surface area (TPSA) is 52.6 Å². The monoisotopic (exact) mass is 300 g/mol. The largest absolute Gasteiger partial charge is 0.349 e. The van der Waals surface area contributed by atoms with Gasteiger partial charge in [0.2, 0.25) is 12.1 Å². The van der Waals surface area contributed by atoms with Crippen LogP contribution >= 0.6 is 0 Å². The van der Waals surface area contributed by atoms with E-state index < -0.39 is 6.29 Å². The van der Waals surface area contributed by atoms with Gasteiger partial charge in [-0.3, -0.25) is 9.59 Å². The standard InChI is InChI=1S/C10H12O3.C8H8O/c1-12-10(13-2)9(11)8-6-4-3-5-7-8;1-7(9)8-5-3-2-4-6-8/h3-7,10H,1-2H3;2-6H,1H3. The van der Waals surface area contributed by atoms with Gasteiger partial charge in [-0.05, 0) is 6.92 Å². The van der Waals surface area contributed by atoms with Crippen molar-refractivity contribution in [2.75, 3.05) is 14.2 Å². The Balaban J connectivity index is 0.000000235. The number of methoxy groups -OCH3 is 2. The number of Topliss-reactive ketones (excluding diaryl/α,β-unsaturated/α-hetero) is 2. The minimum Gasteiger partial charge on any atom is -0.349 e. The molecule has 0 heterocycles. The van der Waals surface area contributed by atoms with Crippen LogP contribution in [0.25, 0.3) is 0 Å². The molecule has 0 aliphatic carbocycles. The predicted molar refractivity (Wildman–Crippen MR) is 85.0 cm³/mol. The zero-order valence-corrected chi connectivity index (χ0v) is 13.0. The molecule has 2 rings (SSSR count). The summed E-state index contributed by atoms with van der Waals surface area (Å²) in [5.74, 6) is -0.0406. The highest BCUT2D eigenvalue weighted by atomic mass is 16.7. The number of rotatable bonds is 5. The van der Waals surface area contributed by atoms with Gasteiger partial charge in [0, 0.05) is 25.3 Å². The Kier molecular flexibility index (Phi) is 7.75. The first-order valence-corrected chi connectivity index (χ1v) is 6.81. The van der Waals surface area contributed by atoms with Crippen molar-refractivity contribution in [3.8, 4) is 0 Å². The highest BCUT2D eigenvalue weighted by Gasteiger charge is 2.17. The smallest absolute Gasteiger partial charge is 0.222 e. The van der Waals surface area contributed by atoms with Crippen LogP contribution in [0.3, 0.4) is 0 Å². The molecule has 0 saturated carbocycles. The fourth-order valence-corrected chi connectivity index (χ4v) is 1.72. The molecule has 0 spiro atoms. The highest BCUT2D eigenvalue weighted by molar-refractivity contribution is 5.98. The van der Waals surface area contributed by atoms with E-state index in [0.29, 0.717) is 5.56 Å². The first kappa shape index (κ1) is 17.8. The summed E-state index contributed by atoms with van der Waals surface area (Å²) in [7, 11) is 2.88. The third-order valence-electron chi connectivity index (χ3n) is 2.88. The molecule has 0 N–H and O–H groups in total. The van der Waals surface area contributed by atoms with Gasteiger partial charge in [0.1, 0.15) is 0 Å². The normalized spacial score (nSPS) is 9.82. The van der Waals surface area contributed by atoms with Gasteiger partial charge in [0.25, 0.3) is 0 Å². The van der Waals surface area contributed by atoms with Gasteiger partial charge in [0.15, 0.2) is 5.78 Å². The quantitative estimate of drug-likeness (QED) is 0.627. The first-order valence-electron chi connectivity index (χ1n) is 6.81. The Bertz CT molecular complexity index is 575. The molecule has 22 heavy (non-hydrogen) atoms. The van der Waals surface area contributed by atoms with E-state index in [1.807, 2.05) is 36.4 Å². The Labute approximate surface area is 130 Å². The maximum Gasteiger partial charge on any atom is 0.222 e. The van der Waals surface area contributed by atoms with E-state index in [9.17, 15) is 9.59 Å². The Morgan fingerprint density at radius 2 is 1.18 bits per heavy atom. The second-order valence-electron chi connectivity index (χ2n) is 4.46. The molecule has 4 heteroatoms. The second kappa shape index (κ2) is 9.60. The van der Waals surface area contributed by atoms with E-state index in [-0.39, 0.29) is 11.6 Å². The molecule has 0 atom stereocenters. The predicted octanol–water partition coefficient (Wildman–Crippen LogP) is 3.38. The zero-order valence-electron chi connectivity index (χ0n) is 13.0. The van der Waals surface area contributed by atoms with E-state index in [1.54, 1.807) is 31.2 Å². The molecule has 0 bridgehead atoms. The van der Waals surface area contributed by atoms with Crippen LogP contribution in [0.15, 0.2) is 60.7 Å². The van der Waals surface area contributed by atoms with Crippen LogP contribution < -0.4 is 0 Å². The van der Waals surface area contributed by atoms with Gasteiger partial charge in [-0.1, -0.05) is 60.7 Å². The minimum absolute atomic E-state index is 0.121. The average molecular weight is 300 g/mol. The van der Waals surface area contributed by atoms with E-state index in [2.05, 4.69) is 0 Å². The molecule has 0 radical (unpaired) electrons. The van der Waals surface area contributed by atoms with Gasteiger partial charge in [-0.25, -0.2) is 0 Å². The second-order valence-corrected chi connectivity index (χ2v) is 4.46. The molecular formula is C18H20O4. The molecule has 4 nitrogen and oxygen atoms in total. The third kappa shape index (κ3) is 5.60. The molecule has 0 aliphatic heterocycles. The minimum atomic E-state index is -0.803. The molecule has 0 fully saturated rings. The Hall–Kier alpha value is -2.30. The van der Waals surface area contributed by atoms with Gasteiger partial charge in [0.05, 0.1) is 0 Å². The van der Waals surface area contributed by atoms with Crippen molar-refractivity contribution in [2.24, 2.45) is 0 Å². The SMILES string of the molecule is CC(=O)c1ccccc1.COC(OC)C(=O)c1ccccc1. The number of ether oxygens (including phenoxy) is 2. The molecular weight excluding hydrogens is 280 g/mol. The molecule has 0 aliphatic rings. The van der Waals surface area contributed by atoms with Crippen LogP contribution in [0.2, 0.25) is 0 Å². The van der Waals surface area contributed by atoms with Crippen molar-refractivity contribution in [3.05, 3.63) is 71.8 Å². The molecule has 0 saturated heterocycles. The lowest BCUT2D eigenvalue weighted by Gasteiger charge is -2.11. The van der Waals surface area contributed by atoms with E-state index in [0.717, 1.165) is 5.56 Å². The average Bonchev–Trinajstić information content (AvgIpc) is 2.58. The lowest BCUT2D eigenvalue weighted by atomic mass is 10.1. The molecule has 0 unspecified atom stereocenters. The van der Waals surface area contributed by atoms with Crippen molar-refractivity contribution in [1.29, 1.82) is 0 Å². The van der Waals surface area contributed by atoms with Crippen molar-refractivity contribution in [3.63, 3.8) is 0 Å². The summed E-state index contributed by atoms with van der Waals surface area (Å²) in [5.41, 5.74) is 1.37. The molecule has 2 aromatic carbocycles. The van der Waals surface area contributed by atoms with Crippen LogP contribution in [-0.2, 0) is 9.47 Å². The molecule has 0 amide bonds. The number of benzene rings is 2. The summed E-state index contributed by atoms with van der Waals surface area (Å²) in [6, 6.07) is 18.1. The lowest BCUT2D eigenvalue weighted by Crippen LogP contribution is -2.24. The number of carbonyl (C=O) groups is 2. The van der Waals surface area contributed by atoms with Gasteiger partial charge < -0.3 is 9.47 Å². The fraction of sp³-hybridized carbons (Fsp3) is 0.222. The van der Waals surface area contributed by atoms with Crippen molar-refractivity contribution >= 4 is 11.6 Å². The van der Waals surface area contributed by atoms with Crippen LogP contribution in [0.4, 0.5) is 0 Å². The number of ketones is 2. The van der Waals surface area contributed by atoms with Crippen molar-refractivity contribution < 1.29 is 19.1 Å². The number of hydrogen-bond donors (Lipinski definition) is 0. The maximum atomic E-state index is 11.6. The summed E-state index contributed by atoms with van der Waals surface area (Å²) < 4.78 is 9.69. The van der Waals surface area contributed by atoms with Crippen LogP contribution in [-0.4, -0.2) is 32.1 Å². The Morgan fingerprint density at radius 1 is 0.773 bits per heavy atom. The van der Waals surface area contributed by atoms with Crippen LogP contribution in [0.1, 0.15) is 27.6 Å². The third-order valence-corrected chi connectivity index (χ3v) is 2.88. The highest BCUT2D eigenvalue weighted by Crippen LogP contribution is 2.05. The van der Waals surface area contributed by atoms with E-state index in [4.69, 9.17) is 9.47 Å². The molecule has 2 aromatic rings. The number of hydrogen-bond acceptors (Lipinski definition) is 4. The Morgan fingerprint density at radius 3 is 1.50 bits per heavy atom. The summed E-state index contributed by atoms with van der Waals surface area (Å²) in [5, 5.41) is 0. The molecule has 116 valence electrons. The number of carbonyl (C=O) groups excluding carboxylic acids is 2. The van der Waals surface area contributed by atoms with E-state index >= 15 is 0 Å². The first-order chi connectivity index (χ1) is 10.6. The van der Waals surface area contributed by atoms with E-state index in [1.165, 1.54) is 14.2 Å². The fourth-order valence-electron chi connectivity index (χ4n) is 1.72. The van der Waals surface area contributed by atoms with Crippen molar-refractivity contribution in [2.45, 2.75) is 13.2 Å². The summed E-state index contributed by atoms with van der Waals surface area (Å²) >= 11 is 0. The summed E-state index contributed by atoms with van der Waals surface area (Å²) in [6.45, 7) is 1.56. The summed E-state index contributed by atoms with van der Waals surface area (Å²) in [4.78, 5) is 22.2.